The molecule has 1 aromatic carbocycles. The van der Waals surface area contributed by atoms with Crippen LogP contribution in [0.1, 0.15) is 11.1 Å². The lowest BCUT2D eigenvalue weighted by molar-refractivity contribution is 0.673. The lowest BCUT2D eigenvalue weighted by Gasteiger charge is -2.29. The van der Waals surface area contributed by atoms with Gasteiger partial charge in [-0.25, -0.2) is 0 Å². The van der Waals surface area contributed by atoms with E-state index in [-0.39, 0.29) is 0 Å². The zero-order valence-corrected chi connectivity index (χ0v) is 10.1. The Kier molecular flexibility index (Phi) is 3.25. The van der Waals surface area contributed by atoms with E-state index in [9.17, 15) is 4.21 Å². The van der Waals surface area contributed by atoms with Gasteiger partial charge in [0.1, 0.15) is 6.07 Å². The van der Waals surface area contributed by atoms with Gasteiger partial charge in [-0.3, -0.25) is 4.21 Å². The Labute approximate surface area is 98.1 Å². The second-order valence-corrected chi connectivity index (χ2v) is 5.66. The van der Waals surface area contributed by atoms with Gasteiger partial charge in [0.05, 0.1) is 11.3 Å². The fraction of sp³-hybridized carbons (Fsp3) is 0.417. The van der Waals surface area contributed by atoms with Crippen molar-refractivity contribution < 1.29 is 4.21 Å². The van der Waals surface area contributed by atoms with Crippen LogP contribution < -0.4 is 4.90 Å². The third-order valence-corrected chi connectivity index (χ3v) is 4.07. The molecule has 16 heavy (non-hydrogen) atoms. The van der Waals surface area contributed by atoms with Crippen LogP contribution in [-0.4, -0.2) is 28.8 Å². The van der Waals surface area contributed by atoms with Gasteiger partial charge >= 0.3 is 0 Å². The highest BCUT2D eigenvalue weighted by molar-refractivity contribution is 7.85. The number of aryl methyl sites for hydroxylation is 1. The summed E-state index contributed by atoms with van der Waals surface area (Å²) in [5.41, 5.74) is 2.79. The summed E-state index contributed by atoms with van der Waals surface area (Å²) in [6, 6.07) is 8.13. The maximum Gasteiger partial charge on any atom is 0.101 e. The van der Waals surface area contributed by atoms with E-state index >= 15 is 0 Å². The Bertz CT molecular complexity index is 455. The molecule has 0 bridgehead atoms. The van der Waals surface area contributed by atoms with E-state index in [1.54, 1.807) is 0 Å². The topological polar surface area (TPSA) is 44.1 Å². The summed E-state index contributed by atoms with van der Waals surface area (Å²) in [5, 5.41) is 9.09. The van der Waals surface area contributed by atoms with E-state index in [1.807, 2.05) is 25.1 Å². The van der Waals surface area contributed by atoms with Gasteiger partial charge in [-0.05, 0) is 24.6 Å². The molecular weight excluding hydrogens is 220 g/mol. The van der Waals surface area contributed by atoms with Crippen LogP contribution >= 0.6 is 0 Å². The second-order valence-electron chi connectivity index (χ2n) is 3.97. The summed E-state index contributed by atoms with van der Waals surface area (Å²) >= 11 is 0. The van der Waals surface area contributed by atoms with Crippen molar-refractivity contribution >= 4 is 16.5 Å². The number of nitriles is 1. The average molecular weight is 234 g/mol. The maximum atomic E-state index is 11.3. The number of hydrogen-bond donors (Lipinski definition) is 0. The maximum absolute atomic E-state index is 11.3. The van der Waals surface area contributed by atoms with Crippen LogP contribution in [0.3, 0.4) is 0 Å². The Hall–Kier alpha value is -1.34. The van der Waals surface area contributed by atoms with Gasteiger partial charge < -0.3 is 4.90 Å². The molecule has 1 aliphatic rings. The van der Waals surface area contributed by atoms with Gasteiger partial charge in [0.25, 0.3) is 0 Å². The first kappa shape index (κ1) is 11.2. The van der Waals surface area contributed by atoms with Crippen LogP contribution in [0.4, 0.5) is 5.69 Å². The van der Waals surface area contributed by atoms with Crippen molar-refractivity contribution in [1.82, 2.24) is 0 Å². The van der Waals surface area contributed by atoms with E-state index in [0.29, 0.717) is 17.1 Å². The molecular formula is C12H14N2OS. The fourth-order valence-corrected chi connectivity index (χ4v) is 2.95. The molecule has 3 nitrogen and oxygen atoms in total. The van der Waals surface area contributed by atoms with Gasteiger partial charge in [-0.2, -0.15) is 5.26 Å². The van der Waals surface area contributed by atoms with E-state index in [4.69, 9.17) is 5.26 Å². The van der Waals surface area contributed by atoms with E-state index in [2.05, 4.69) is 11.0 Å². The fourth-order valence-electron chi connectivity index (χ4n) is 1.89. The number of hydrogen-bond acceptors (Lipinski definition) is 3. The zero-order valence-electron chi connectivity index (χ0n) is 9.27. The molecule has 1 heterocycles. The van der Waals surface area contributed by atoms with Crippen molar-refractivity contribution in [3.8, 4) is 6.07 Å². The Balaban J connectivity index is 2.27. The van der Waals surface area contributed by atoms with Crippen LogP contribution in [0, 0.1) is 18.3 Å². The molecule has 0 spiro atoms. The first-order chi connectivity index (χ1) is 7.70. The number of rotatable bonds is 1. The minimum atomic E-state index is -0.672. The summed E-state index contributed by atoms with van der Waals surface area (Å²) < 4.78 is 11.3. The molecule has 1 fully saturated rings. The molecule has 1 aromatic rings. The van der Waals surface area contributed by atoms with E-state index in [0.717, 1.165) is 24.3 Å². The van der Waals surface area contributed by atoms with Crippen molar-refractivity contribution in [2.45, 2.75) is 6.92 Å². The highest BCUT2D eigenvalue weighted by Crippen LogP contribution is 2.22. The van der Waals surface area contributed by atoms with E-state index in [1.165, 1.54) is 0 Å². The quantitative estimate of drug-likeness (QED) is 0.738. The van der Waals surface area contributed by atoms with Crippen LogP contribution in [-0.2, 0) is 10.8 Å². The molecule has 1 saturated heterocycles. The highest BCUT2D eigenvalue weighted by Gasteiger charge is 2.17. The van der Waals surface area contributed by atoms with Crippen molar-refractivity contribution in [3.05, 3.63) is 29.3 Å². The summed E-state index contributed by atoms with van der Waals surface area (Å²) in [6.45, 7) is 3.55. The predicted molar refractivity (Wildman–Crippen MR) is 66.0 cm³/mol. The van der Waals surface area contributed by atoms with Crippen LogP contribution in [0.15, 0.2) is 18.2 Å². The molecule has 0 N–H and O–H groups in total. The minimum absolute atomic E-state index is 0.672. The summed E-state index contributed by atoms with van der Waals surface area (Å²) in [7, 11) is -0.672. The molecule has 1 aliphatic heterocycles. The van der Waals surface area contributed by atoms with Crippen LogP contribution in [0.25, 0.3) is 0 Å². The van der Waals surface area contributed by atoms with Crippen molar-refractivity contribution in [2.24, 2.45) is 0 Å². The average Bonchev–Trinajstić information content (AvgIpc) is 2.30. The molecule has 0 aliphatic carbocycles. The lowest BCUT2D eigenvalue weighted by atomic mass is 10.1. The minimum Gasteiger partial charge on any atom is -0.369 e. The molecule has 2 rings (SSSR count). The largest absolute Gasteiger partial charge is 0.369 e. The third-order valence-electron chi connectivity index (χ3n) is 2.79. The number of anilines is 1. The summed E-state index contributed by atoms with van der Waals surface area (Å²) in [4.78, 5) is 2.15. The molecule has 0 atom stereocenters. The van der Waals surface area contributed by atoms with Crippen molar-refractivity contribution in [1.29, 1.82) is 5.26 Å². The number of nitrogens with zero attached hydrogens (tertiary/aromatic N) is 2. The van der Waals surface area contributed by atoms with Crippen molar-refractivity contribution in [3.63, 3.8) is 0 Å². The zero-order chi connectivity index (χ0) is 11.5. The standard InChI is InChI=1S/C12H14N2OS/c1-10-2-3-12(11(8-10)9-13)14-4-6-16(15)7-5-14/h2-3,8H,4-7H2,1H3. The number of benzene rings is 1. The van der Waals surface area contributed by atoms with Gasteiger partial charge in [-0.15, -0.1) is 0 Å². The van der Waals surface area contributed by atoms with Gasteiger partial charge in [0.15, 0.2) is 0 Å². The van der Waals surface area contributed by atoms with Crippen LogP contribution in [0.5, 0.6) is 0 Å². The van der Waals surface area contributed by atoms with E-state index < -0.39 is 10.8 Å². The van der Waals surface area contributed by atoms with Gasteiger partial charge in [0, 0.05) is 35.4 Å². The molecule has 4 heteroatoms. The Morgan fingerprint density at radius 2 is 2.06 bits per heavy atom. The van der Waals surface area contributed by atoms with Crippen LogP contribution in [0.2, 0.25) is 0 Å². The highest BCUT2D eigenvalue weighted by atomic mass is 32.2. The first-order valence-electron chi connectivity index (χ1n) is 5.31. The smallest absolute Gasteiger partial charge is 0.101 e. The molecule has 0 aromatic heterocycles. The summed E-state index contributed by atoms with van der Waals surface area (Å²) in [6.07, 6.45) is 0. The molecule has 0 amide bonds. The SMILES string of the molecule is Cc1ccc(N2CCS(=O)CC2)c(C#N)c1. The monoisotopic (exact) mass is 234 g/mol. The van der Waals surface area contributed by atoms with Gasteiger partial charge in [0.2, 0.25) is 0 Å². The Morgan fingerprint density at radius 1 is 1.38 bits per heavy atom. The normalized spacial score (nSPS) is 17.1. The Morgan fingerprint density at radius 3 is 2.69 bits per heavy atom. The van der Waals surface area contributed by atoms with Crippen molar-refractivity contribution in [2.75, 3.05) is 29.5 Å². The molecule has 0 saturated carbocycles. The molecule has 0 radical (unpaired) electrons. The molecule has 84 valence electrons. The van der Waals surface area contributed by atoms with Gasteiger partial charge in [-0.1, -0.05) is 6.07 Å². The second kappa shape index (κ2) is 4.67. The lowest BCUT2D eigenvalue weighted by Crippen LogP contribution is -2.38. The molecule has 0 unspecified atom stereocenters. The third kappa shape index (κ3) is 2.25. The predicted octanol–water partition coefficient (Wildman–Crippen LogP) is 1.44. The first-order valence-corrected chi connectivity index (χ1v) is 6.80. The summed E-state index contributed by atoms with van der Waals surface area (Å²) in [5.74, 6) is 1.41.